The summed E-state index contributed by atoms with van der Waals surface area (Å²) in [5.74, 6) is 0. The summed E-state index contributed by atoms with van der Waals surface area (Å²) in [6.07, 6.45) is 0.123. The fourth-order valence-corrected chi connectivity index (χ4v) is 0.299. The highest BCUT2D eigenvalue weighted by Crippen LogP contribution is 2.18. The summed E-state index contributed by atoms with van der Waals surface area (Å²) in [6, 6.07) is 0. The van der Waals surface area contributed by atoms with Crippen LogP contribution >= 0.6 is 11.6 Å². The first-order chi connectivity index (χ1) is 4.06. The number of aliphatic hydroxyl groups is 1. The van der Waals surface area contributed by atoms with E-state index in [4.69, 9.17) is 16.7 Å². The van der Waals surface area contributed by atoms with Gasteiger partial charge in [0.15, 0.2) is 0 Å². The molecule has 0 fully saturated rings. The van der Waals surface area contributed by atoms with Crippen LogP contribution in [0.2, 0.25) is 0 Å². The molecule has 0 aromatic heterocycles. The molecule has 0 aromatic carbocycles. The Morgan fingerprint density at radius 1 is 1.89 bits per heavy atom. The van der Waals surface area contributed by atoms with Gasteiger partial charge in [0.25, 0.3) is 0 Å². The zero-order valence-corrected chi connectivity index (χ0v) is 5.76. The molecule has 0 saturated heterocycles. The van der Waals surface area contributed by atoms with Crippen molar-refractivity contribution in [3.05, 3.63) is 10.1 Å². The molecule has 0 aliphatic carbocycles. The van der Waals surface area contributed by atoms with Crippen LogP contribution in [0.4, 0.5) is 0 Å². The molecule has 5 heteroatoms. The average Bonchev–Trinajstić information content (AvgIpc) is 1.86. The van der Waals surface area contributed by atoms with Gasteiger partial charge >= 0.3 is 5.00 Å². The Morgan fingerprint density at radius 2 is 2.33 bits per heavy atom. The van der Waals surface area contributed by atoms with Crippen LogP contribution in [0.1, 0.15) is 13.3 Å². The quantitative estimate of drug-likeness (QED) is 0.280. The second kappa shape index (κ2) is 2.98. The van der Waals surface area contributed by atoms with Gasteiger partial charge in [0.05, 0.1) is 0 Å². The fraction of sp³-hybridized carbons (Fsp3) is 1.00. The van der Waals surface area contributed by atoms with E-state index in [1.54, 1.807) is 6.92 Å². The molecule has 54 valence electrons. The number of hydrogen-bond acceptors (Lipinski definition) is 3. The van der Waals surface area contributed by atoms with Gasteiger partial charge in [-0.3, -0.25) is 10.1 Å². The number of rotatable bonds is 3. The lowest BCUT2D eigenvalue weighted by atomic mass is 10.2. The summed E-state index contributed by atoms with van der Waals surface area (Å²) in [5, 5.41) is 18.4. The van der Waals surface area contributed by atoms with E-state index in [2.05, 4.69) is 0 Å². The molecule has 0 heterocycles. The number of halogens is 1. The molecule has 4 nitrogen and oxygen atoms in total. The van der Waals surface area contributed by atoms with Crippen LogP contribution in [0.15, 0.2) is 0 Å². The van der Waals surface area contributed by atoms with Crippen molar-refractivity contribution >= 4 is 11.6 Å². The monoisotopic (exact) mass is 153 g/mol. The number of aliphatic hydroxyl groups excluding tert-OH is 1. The average molecular weight is 154 g/mol. The maximum absolute atomic E-state index is 10.00. The van der Waals surface area contributed by atoms with Crippen LogP contribution < -0.4 is 0 Å². The third-order valence-electron chi connectivity index (χ3n) is 1.11. The third-order valence-corrected chi connectivity index (χ3v) is 1.64. The van der Waals surface area contributed by atoms with Gasteiger partial charge in [-0.15, -0.1) is 0 Å². The maximum atomic E-state index is 10.00. The Morgan fingerprint density at radius 3 is 2.33 bits per heavy atom. The molecule has 0 bridgehead atoms. The Balaban J connectivity index is 4.09. The van der Waals surface area contributed by atoms with E-state index in [-0.39, 0.29) is 6.42 Å². The van der Waals surface area contributed by atoms with E-state index < -0.39 is 16.5 Å². The molecule has 0 rings (SSSR count). The van der Waals surface area contributed by atoms with E-state index in [0.29, 0.717) is 0 Å². The smallest absolute Gasteiger partial charge is 0.317 e. The van der Waals surface area contributed by atoms with Gasteiger partial charge in [-0.05, 0) is 11.6 Å². The number of nitro groups is 1. The molecule has 0 amide bonds. The van der Waals surface area contributed by atoms with Crippen LogP contribution in [0.5, 0.6) is 0 Å². The lowest BCUT2D eigenvalue weighted by Gasteiger charge is -2.11. The normalized spacial score (nSPS) is 16.8. The molecule has 0 saturated carbocycles. The number of hydrogen-bond donors (Lipinski definition) is 1. The Labute approximate surface area is 57.6 Å². The highest BCUT2D eigenvalue weighted by molar-refractivity contribution is 6.22. The molecular formula is C4H8ClNO3. The summed E-state index contributed by atoms with van der Waals surface area (Å²) in [6.45, 7) is 0.921. The number of nitrogens with zero attached hydrogens (tertiary/aromatic N) is 1. The van der Waals surface area contributed by atoms with E-state index >= 15 is 0 Å². The molecule has 0 aliphatic heterocycles. The summed E-state index contributed by atoms with van der Waals surface area (Å²) in [7, 11) is 0. The highest BCUT2D eigenvalue weighted by Gasteiger charge is 2.37. The van der Waals surface area contributed by atoms with Crippen LogP contribution in [0, 0.1) is 10.1 Å². The molecule has 0 aliphatic rings. The minimum absolute atomic E-state index is 0.123. The Kier molecular flexibility index (Phi) is 2.87. The lowest BCUT2D eigenvalue weighted by molar-refractivity contribution is -0.545. The van der Waals surface area contributed by atoms with Gasteiger partial charge in [-0.1, -0.05) is 6.92 Å². The third kappa shape index (κ3) is 1.80. The second-order valence-corrected chi connectivity index (χ2v) is 2.39. The van der Waals surface area contributed by atoms with Crippen LogP contribution in [-0.2, 0) is 0 Å². The predicted molar refractivity (Wildman–Crippen MR) is 33.0 cm³/mol. The van der Waals surface area contributed by atoms with Gasteiger partial charge in [-0.2, -0.15) is 0 Å². The van der Waals surface area contributed by atoms with Crippen molar-refractivity contribution in [1.29, 1.82) is 0 Å². The van der Waals surface area contributed by atoms with Crippen molar-refractivity contribution in [3.8, 4) is 0 Å². The molecule has 0 radical (unpaired) electrons. The Hall–Kier alpha value is -0.350. The first-order valence-corrected chi connectivity index (χ1v) is 2.89. The first-order valence-electron chi connectivity index (χ1n) is 2.51. The van der Waals surface area contributed by atoms with E-state index in [9.17, 15) is 10.1 Å². The zero-order valence-electron chi connectivity index (χ0n) is 5.00. The zero-order chi connectivity index (χ0) is 7.49. The van der Waals surface area contributed by atoms with Crippen molar-refractivity contribution in [1.82, 2.24) is 0 Å². The molecule has 0 aromatic rings. The second-order valence-electron chi connectivity index (χ2n) is 1.69. The number of alkyl halides is 1. The van der Waals surface area contributed by atoms with Crippen molar-refractivity contribution in [2.75, 3.05) is 6.61 Å². The summed E-state index contributed by atoms with van der Waals surface area (Å²) >= 11 is 5.29. The van der Waals surface area contributed by atoms with Gasteiger partial charge in [0.2, 0.25) is 0 Å². The molecule has 1 unspecified atom stereocenters. The summed E-state index contributed by atoms with van der Waals surface area (Å²) in [4.78, 5) is 7.64. The van der Waals surface area contributed by atoms with Crippen LogP contribution in [0.3, 0.4) is 0 Å². The topological polar surface area (TPSA) is 63.4 Å². The molecular weight excluding hydrogens is 146 g/mol. The van der Waals surface area contributed by atoms with Crippen molar-refractivity contribution in [2.24, 2.45) is 0 Å². The SMILES string of the molecule is CCC(Cl)(CO)[N+](=O)[O-]. The summed E-state index contributed by atoms with van der Waals surface area (Å²) < 4.78 is 0. The molecule has 1 atom stereocenters. The van der Waals surface area contributed by atoms with E-state index in [1.807, 2.05) is 0 Å². The largest absolute Gasteiger partial charge is 0.387 e. The maximum Gasteiger partial charge on any atom is 0.317 e. The van der Waals surface area contributed by atoms with Crippen LogP contribution in [-0.4, -0.2) is 21.6 Å². The van der Waals surface area contributed by atoms with Gasteiger partial charge < -0.3 is 5.11 Å². The van der Waals surface area contributed by atoms with Gasteiger partial charge in [0, 0.05) is 11.3 Å². The predicted octanol–water partition coefficient (Wildman–Crippen LogP) is 0.600. The van der Waals surface area contributed by atoms with Gasteiger partial charge in [0.1, 0.15) is 6.61 Å². The van der Waals surface area contributed by atoms with E-state index in [1.165, 1.54) is 0 Å². The van der Waals surface area contributed by atoms with Crippen molar-refractivity contribution < 1.29 is 10.0 Å². The fourth-order valence-electron chi connectivity index (χ4n) is 0.299. The summed E-state index contributed by atoms with van der Waals surface area (Å²) in [5.41, 5.74) is 0. The van der Waals surface area contributed by atoms with E-state index in [0.717, 1.165) is 0 Å². The minimum atomic E-state index is -1.67. The standard InChI is InChI=1S/C4H8ClNO3/c1-2-4(5,3-7)6(8)9/h7H,2-3H2,1H3. The highest BCUT2D eigenvalue weighted by atomic mass is 35.5. The lowest BCUT2D eigenvalue weighted by Crippen LogP contribution is -2.34. The minimum Gasteiger partial charge on any atom is -0.387 e. The van der Waals surface area contributed by atoms with Crippen LogP contribution in [0.25, 0.3) is 0 Å². The van der Waals surface area contributed by atoms with Gasteiger partial charge in [-0.25, -0.2) is 0 Å². The first kappa shape index (κ1) is 8.65. The molecule has 0 spiro atoms. The Bertz CT molecular complexity index is 112. The van der Waals surface area contributed by atoms with Crippen molar-refractivity contribution in [3.63, 3.8) is 0 Å². The molecule has 1 N–H and O–H groups in total. The van der Waals surface area contributed by atoms with Crippen molar-refractivity contribution in [2.45, 2.75) is 18.3 Å². The molecule has 9 heavy (non-hydrogen) atoms.